The molecule has 1 amide bonds. The Kier molecular flexibility index (Phi) is 6.08. The van der Waals surface area contributed by atoms with Gasteiger partial charge in [0.15, 0.2) is 23.0 Å². The van der Waals surface area contributed by atoms with Crippen molar-refractivity contribution in [3.63, 3.8) is 0 Å². The molecule has 0 bridgehead atoms. The Labute approximate surface area is 162 Å². The van der Waals surface area contributed by atoms with Crippen molar-refractivity contribution in [1.29, 1.82) is 0 Å². The van der Waals surface area contributed by atoms with Crippen molar-refractivity contribution in [2.45, 2.75) is 6.42 Å². The van der Waals surface area contributed by atoms with Gasteiger partial charge in [-0.15, -0.1) is 0 Å². The largest absolute Gasteiger partial charge is 0.493 e. The summed E-state index contributed by atoms with van der Waals surface area (Å²) in [7, 11) is 1.51. The molecule has 0 aliphatic carbocycles. The van der Waals surface area contributed by atoms with E-state index < -0.39 is 0 Å². The Morgan fingerprint density at radius 1 is 1.22 bits per heavy atom. The predicted molar refractivity (Wildman–Crippen MR) is 104 cm³/mol. The minimum Gasteiger partial charge on any atom is -0.493 e. The molecule has 1 aliphatic rings. The van der Waals surface area contributed by atoms with E-state index in [1.165, 1.54) is 7.11 Å². The summed E-state index contributed by atoms with van der Waals surface area (Å²) >= 11 is 6.28. The molecule has 6 nitrogen and oxygen atoms in total. The Morgan fingerprint density at radius 3 is 2.67 bits per heavy atom. The van der Waals surface area contributed by atoms with E-state index in [0.29, 0.717) is 59.1 Å². The van der Waals surface area contributed by atoms with Gasteiger partial charge in [-0.2, -0.15) is 0 Å². The van der Waals surface area contributed by atoms with Crippen molar-refractivity contribution in [2.75, 3.05) is 32.2 Å². The van der Waals surface area contributed by atoms with E-state index in [-0.39, 0.29) is 5.91 Å². The van der Waals surface area contributed by atoms with Gasteiger partial charge in [0.05, 0.1) is 31.0 Å². The number of methoxy groups -OCH3 is 1. The first-order chi connectivity index (χ1) is 13.1. The highest BCUT2D eigenvalue weighted by atomic mass is 35.5. The van der Waals surface area contributed by atoms with Gasteiger partial charge in [0, 0.05) is 24.1 Å². The summed E-state index contributed by atoms with van der Waals surface area (Å²) in [6.45, 7) is 5.06. The standard InChI is InChI=1S/C20H20ClNO5/c1-3-7-25-16-6-5-13(10-17(16)24-2)20(23)22-15-12-19-18(11-14(15)21)26-8-4-9-27-19/h3,5-6,10-12H,1,4,7-9H2,2H3,(H,22,23). The molecule has 27 heavy (non-hydrogen) atoms. The molecule has 3 rings (SSSR count). The number of amides is 1. The number of carbonyl (C=O) groups excluding carboxylic acids is 1. The van der Waals surface area contributed by atoms with Crippen molar-refractivity contribution >= 4 is 23.2 Å². The maximum absolute atomic E-state index is 12.6. The zero-order valence-electron chi connectivity index (χ0n) is 14.9. The Bertz CT molecular complexity index is 853. The molecule has 0 saturated heterocycles. The molecule has 142 valence electrons. The summed E-state index contributed by atoms with van der Waals surface area (Å²) in [4.78, 5) is 12.6. The van der Waals surface area contributed by atoms with Crippen molar-refractivity contribution in [2.24, 2.45) is 0 Å². The lowest BCUT2D eigenvalue weighted by Crippen LogP contribution is -2.13. The molecule has 0 radical (unpaired) electrons. The first-order valence-corrected chi connectivity index (χ1v) is 8.82. The Balaban J connectivity index is 1.81. The lowest BCUT2D eigenvalue weighted by atomic mass is 10.1. The fourth-order valence-electron chi connectivity index (χ4n) is 2.55. The lowest BCUT2D eigenvalue weighted by molar-refractivity contribution is 0.102. The number of ether oxygens (including phenoxy) is 4. The van der Waals surface area contributed by atoms with Crippen LogP contribution in [0.3, 0.4) is 0 Å². The molecule has 2 aromatic carbocycles. The monoisotopic (exact) mass is 389 g/mol. The minimum atomic E-state index is -0.333. The van der Waals surface area contributed by atoms with E-state index in [0.717, 1.165) is 6.42 Å². The Morgan fingerprint density at radius 2 is 1.96 bits per heavy atom. The van der Waals surface area contributed by atoms with Gasteiger partial charge in [-0.3, -0.25) is 4.79 Å². The summed E-state index contributed by atoms with van der Waals surface area (Å²) in [5.41, 5.74) is 0.845. The number of halogens is 1. The highest BCUT2D eigenvalue weighted by molar-refractivity contribution is 6.34. The number of hydrogen-bond acceptors (Lipinski definition) is 5. The van der Waals surface area contributed by atoms with Crippen LogP contribution in [0.1, 0.15) is 16.8 Å². The summed E-state index contributed by atoms with van der Waals surface area (Å²) in [5, 5.41) is 3.16. The van der Waals surface area contributed by atoms with Gasteiger partial charge in [0.2, 0.25) is 0 Å². The molecule has 0 fully saturated rings. The van der Waals surface area contributed by atoms with Crippen molar-refractivity contribution < 1.29 is 23.7 Å². The average Bonchev–Trinajstić information content (AvgIpc) is 2.91. The van der Waals surface area contributed by atoms with Gasteiger partial charge in [-0.05, 0) is 18.2 Å². The molecule has 1 N–H and O–H groups in total. The summed E-state index contributed by atoms with van der Waals surface area (Å²) in [6, 6.07) is 8.23. The van der Waals surface area contributed by atoms with Gasteiger partial charge < -0.3 is 24.3 Å². The molecule has 1 heterocycles. The first kappa shape index (κ1) is 18.9. The first-order valence-electron chi connectivity index (χ1n) is 8.44. The second-order valence-corrected chi connectivity index (χ2v) is 6.16. The van der Waals surface area contributed by atoms with Crippen LogP contribution in [-0.2, 0) is 0 Å². The quantitative estimate of drug-likeness (QED) is 0.745. The third kappa shape index (κ3) is 4.46. The molecule has 1 aliphatic heterocycles. The van der Waals surface area contributed by atoms with Crippen LogP contribution in [0.15, 0.2) is 43.0 Å². The van der Waals surface area contributed by atoms with Crippen LogP contribution >= 0.6 is 11.6 Å². The fourth-order valence-corrected chi connectivity index (χ4v) is 2.75. The smallest absolute Gasteiger partial charge is 0.255 e. The molecule has 0 aromatic heterocycles. The molecule has 7 heteroatoms. The van der Waals surface area contributed by atoms with Crippen LogP contribution in [-0.4, -0.2) is 32.8 Å². The van der Waals surface area contributed by atoms with Gasteiger partial charge in [-0.1, -0.05) is 24.3 Å². The maximum Gasteiger partial charge on any atom is 0.255 e. The molecular formula is C20H20ClNO5. The van der Waals surface area contributed by atoms with Crippen LogP contribution in [0.4, 0.5) is 5.69 Å². The van der Waals surface area contributed by atoms with Gasteiger partial charge >= 0.3 is 0 Å². The van der Waals surface area contributed by atoms with E-state index >= 15 is 0 Å². The average molecular weight is 390 g/mol. The van der Waals surface area contributed by atoms with Gasteiger partial charge in [0.25, 0.3) is 5.91 Å². The van der Waals surface area contributed by atoms with Crippen LogP contribution in [0.25, 0.3) is 0 Å². The normalized spacial score (nSPS) is 12.7. The molecular weight excluding hydrogens is 370 g/mol. The molecule has 0 saturated carbocycles. The molecule has 0 atom stereocenters. The number of carbonyl (C=O) groups is 1. The fraction of sp³-hybridized carbons (Fsp3) is 0.250. The topological polar surface area (TPSA) is 66.0 Å². The Hall–Kier alpha value is -2.86. The highest BCUT2D eigenvalue weighted by Crippen LogP contribution is 2.38. The third-order valence-electron chi connectivity index (χ3n) is 3.87. The van der Waals surface area contributed by atoms with Crippen molar-refractivity contribution in [1.82, 2.24) is 0 Å². The second-order valence-electron chi connectivity index (χ2n) is 5.75. The zero-order chi connectivity index (χ0) is 19.2. The number of anilines is 1. The van der Waals surface area contributed by atoms with Crippen LogP contribution in [0, 0.1) is 0 Å². The molecule has 0 spiro atoms. The van der Waals surface area contributed by atoms with Gasteiger partial charge in [0.1, 0.15) is 6.61 Å². The van der Waals surface area contributed by atoms with E-state index in [4.69, 9.17) is 30.5 Å². The van der Waals surface area contributed by atoms with Crippen LogP contribution < -0.4 is 24.3 Å². The number of benzene rings is 2. The minimum absolute atomic E-state index is 0.333. The van der Waals surface area contributed by atoms with E-state index in [9.17, 15) is 4.79 Å². The summed E-state index contributed by atoms with van der Waals surface area (Å²) < 4.78 is 22.0. The summed E-state index contributed by atoms with van der Waals surface area (Å²) in [6.07, 6.45) is 2.42. The zero-order valence-corrected chi connectivity index (χ0v) is 15.7. The molecule has 0 unspecified atom stereocenters. The lowest BCUT2D eigenvalue weighted by Gasteiger charge is -2.14. The van der Waals surface area contributed by atoms with E-state index in [2.05, 4.69) is 11.9 Å². The summed E-state index contributed by atoms with van der Waals surface area (Å²) in [5.74, 6) is 1.77. The van der Waals surface area contributed by atoms with Crippen molar-refractivity contribution in [3.8, 4) is 23.0 Å². The van der Waals surface area contributed by atoms with Gasteiger partial charge in [-0.25, -0.2) is 0 Å². The van der Waals surface area contributed by atoms with Crippen LogP contribution in [0.5, 0.6) is 23.0 Å². The number of rotatable bonds is 6. The van der Waals surface area contributed by atoms with E-state index in [1.807, 2.05) is 0 Å². The SMILES string of the molecule is C=CCOc1ccc(C(=O)Nc2cc3c(cc2Cl)OCCCO3)cc1OC. The number of fused-ring (bicyclic) bond motifs is 1. The van der Waals surface area contributed by atoms with Crippen molar-refractivity contribution in [3.05, 3.63) is 53.6 Å². The third-order valence-corrected chi connectivity index (χ3v) is 4.18. The highest BCUT2D eigenvalue weighted by Gasteiger charge is 2.17. The molecule has 2 aromatic rings. The van der Waals surface area contributed by atoms with E-state index in [1.54, 1.807) is 36.4 Å². The maximum atomic E-state index is 12.6. The number of nitrogens with one attached hydrogen (secondary N) is 1. The predicted octanol–water partition coefficient (Wildman–Crippen LogP) is 4.33. The van der Waals surface area contributed by atoms with Crippen LogP contribution in [0.2, 0.25) is 5.02 Å². The second kappa shape index (κ2) is 8.68. The number of hydrogen-bond donors (Lipinski definition) is 1.